The van der Waals surface area contributed by atoms with Gasteiger partial charge in [0.05, 0.1) is 11.2 Å². The van der Waals surface area contributed by atoms with E-state index in [4.69, 9.17) is 4.42 Å². The van der Waals surface area contributed by atoms with Crippen LogP contribution >= 0.6 is 0 Å². The minimum Gasteiger partial charge on any atom is -0.469 e. The molecule has 2 aliphatic rings. The second kappa shape index (κ2) is 8.23. The van der Waals surface area contributed by atoms with Crippen LogP contribution in [0.25, 0.3) is 0 Å². The molecule has 1 fully saturated rings. The van der Waals surface area contributed by atoms with Crippen LogP contribution in [0.5, 0.6) is 0 Å². The quantitative estimate of drug-likeness (QED) is 0.750. The smallest absolute Gasteiger partial charge is 0.243 e. The highest BCUT2D eigenvalue weighted by Crippen LogP contribution is 2.35. The summed E-state index contributed by atoms with van der Waals surface area (Å²) in [6.45, 7) is 2.85. The molecule has 0 saturated carbocycles. The maximum absolute atomic E-state index is 12.9. The standard InChI is InChI=1S/C21H25N3O5S/c1-15(25)24-19-7-6-18(30(27,28)23-10-2-3-11-23)13-16(19)14-20(24)21(26)22-9-8-17-5-4-12-29-17/h4-7,12-13,20H,2-3,8-11,14H2,1H3,(H,22,26)/t20-/m0/s1. The predicted octanol–water partition coefficient (Wildman–Crippen LogP) is 1.70. The lowest BCUT2D eigenvalue weighted by Crippen LogP contribution is -2.47. The van der Waals surface area contributed by atoms with E-state index in [2.05, 4.69) is 5.32 Å². The fraction of sp³-hybridized carbons (Fsp3) is 0.429. The maximum atomic E-state index is 12.9. The van der Waals surface area contributed by atoms with Gasteiger partial charge in [-0.15, -0.1) is 0 Å². The number of carbonyl (C=O) groups is 2. The number of nitrogens with one attached hydrogen (secondary N) is 1. The summed E-state index contributed by atoms with van der Waals surface area (Å²) in [6.07, 6.45) is 4.14. The second-order valence-corrected chi connectivity index (χ2v) is 9.57. The Hall–Kier alpha value is -2.65. The number of rotatable bonds is 6. The van der Waals surface area contributed by atoms with E-state index >= 15 is 0 Å². The lowest BCUT2D eigenvalue weighted by molar-refractivity contribution is -0.125. The Kier molecular flexibility index (Phi) is 5.66. The molecule has 1 aromatic carbocycles. The van der Waals surface area contributed by atoms with Crippen molar-refractivity contribution in [2.75, 3.05) is 24.5 Å². The molecule has 0 aliphatic carbocycles. The van der Waals surface area contributed by atoms with Gasteiger partial charge in [0, 0.05) is 45.1 Å². The summed E-state index contributed by atoms with van der Waals surface area (Å²) in [5.74, 6) is 0.247. The van der Waals surface area contributed by atoms with Gasteiger partial charge in [-0.1, -0.05) is 0 Å². The van der Waals surface area contributed by atoms with Crippen molar-refractivity contribution < 1.29 is 22.4 Å². The molecule has 160 valence electrons. The minimum absolute atomic E-state index is 0.213. The molecule has 4 rings (SSSR count). The Bertz CT molecular complexity index is 1040. The van der Waals surface area contributed by atoms with E-state index in [0.29, 0.717) is 37.3 Å². The highest BCUT2D eigenvalue weighted by Gasteiger charge is 2.38. The van der Waals surface area contributed by atoms with Crippen molar-refractivity contribution in [3.63, 3.8) is 0 Å². The van der Waals surface area contributed by atoms with Crippen molar-refractivity contribution in [3.05, 3.63) is 47.9 Å². The number of amides is 2. The Morgan fingerprint density at radius 3 is 2.63 bits per heavy atom. The van der Waals surface area contributed by atoms with Crippen LogP contribution in [-0.4, -0.2) is 50.2 Å². The third-order valence-electron chi connectivity index (χ3n) is 5.63. The molecule has 0 radical (unpaired) electrons. The molecule has 1 N–H and O–H groups in total. The number of benzene rings is 1. The molecule has 1 atom stereocenters. The zero-order valence-corrected chi connectivity index (χ0v) is 17.7. The van der Waals surface area contributed by atoms with E-state index in [1.807, 2.05) is 6.07 Å². The number of nitrogens with zero attached hydrogens (tertiary/aromatic N) is 2. The fourth-order valence-corrected chi connectivity index (χ4v) is 5.71. The molecule has 3 heterocycles. The zero-order chi connectivity index (χ0) is 21.3. The van der Waals surface area contributed by atoms with Gasteiger partial charge < -0.3 is 9.73 Å². The molecule has 0 unspecified atom stereocenters. The number of hydrogen-bond donors (Lipinski definition) is 1. The van der Waals surface area contributed by atoms with Crippen molar-refractivity contribution >= 4 is 27.5 Å². The van der Waals surface area contributed by atoms with Crippen molar-refractivity contribution in [3.8, 4) is 0 Å². The second-order valence-electron chi connectivity index (χ2n) is 7.63. The lowest BCUT2D eigenvalue weighted by atomic mass is 10.1. The average Bonchev–Trinajstić information content (AvgIpc) is 3.46. The van der Waals surface area contributed by atoms with Gasteiger partial charge in [0.1, 0.15) is 11.8 Å². The predicted molar refractivity (Wildman–Crippen MR) is 111 cm³/mol. The van der Waals surface area contributed by atoms with E-state index in [0.717, 1.165) is 18.6 Å². The molecule has 2 amide bonds. The van der Waals surface area contributed by atoms with Crippen LogP contribution in [0, 0.1) is 0 Å². The molecule has 30 heavy (non-hydrogen) atoms. The van der Waals surface area contributed by atoms with Gasteiger partial charge >= 0.3 is 0 Å². The normalized spacial score (nSPS) is 19.1. The molecule has 1 aromatic heterocycles. The molecule has 2 aliphatic heterocycles. The van der Waals surface area contributed by atoms with Crippen LogP contribution in [0.15, 0.2) is 45.9 Å². The van der Waals surface area contributed by atoms with Gasteiger partial charge in [-0.25, -0.2) is 8.42 Å². The Balaban J connectivity index is 1.52. The Morgan fingerprint density at radius 1 is 1.20 bits per heavy atom. The third-order valence-corrected chi connectivity index (χ3v) is 7.53. The first-order chi connectivity index (χ1) is 14.4. The van der Waals surface area contributed by atoms with Crippen LogP contribution in [-0.2, 0) is 32.5 Å². The number of hydrogen-bond acceptors (Lipinski definition) is 5. The molecular weight excluding hydrogens is 406 g/mol. The summed E-state index contributed by atoms with van der Waals surface area (Å²) >= 11 is 0. The van der Waals surface area contributed by atoms with Gasteiger partial charge in [0.25, 0.3) is 0 Å². The van der Waals surface area contributed by atoms with Crippen LogP contribution in [0.3, 0.4) is 0 Å². The van der Waals surface area contributed by atoms with Crippen LogP contribution in [0.4, 0.5) is 5.69 Å². The lowest BCUT2D eigenvalue weighted by Gasteiger charge is -2.23. The molecule has 1 saturated heterocycles. The van der Waals surface area contributed by atoms with Gasteiger partial charge in [-0.05, 0) is 48.7 Å². The highest BCUT2D eigenvalue weighted by molar-refractivity contribution is 7.89. The molecular formula is C21H25N3O5S. The topological polar surface area (TPSA) is 99.9 Å². The zero-order valence-electron chi connectivity index (χ0n) is 16.8. The molecule has 9 heteroatoms. The Morgan fingerprint density at radius 2 is 1.97 bits per heavy atom. The number of anilines is 1. The van der Waals surface area contributed by atoms with Crippen LogP contribution in [0.2, 0.25) is 0 Å². The van der Waals surface area contributed by atoms with E-state index in [1.165, 1.54) is 22.2 Å². The third kappa shape index (κ3) is 3.87. The molecule has 8 nitrogen and oxygen atoms in total. The average molecular weight is 432 g/mol. The van der Waals surface area contributed by atoms with E-state index < -0.39 is 16.1 Å². The summed E-state index contributed by atoms with van der Waals surface area (Å²) in [6, 6.07) is 7.70. The van der Waals surface area contributed by atoms with Crippen molar-refractivity contribution in [2.45, 2.75) is 43.5 Å². The number of furan rings is 1. The first kappa shape index (κ1) is 20.6. The molecule has 0 bridgehead atoms. The van der Waals surface area contributed by atoms with Crippen LogP contribution in [0.1, 0.15) is 31.1 Å². The largest absolute Gasteiger partial charge is 0.469 e. The van der Waals surface area contributed by atoms with Gasteiger partial charge in [0.2, 0.25) is 21.8 Å². The van der Waals surface area contributed by atoms with E-state index in [9.17, 15) is 18.0 Å². The summed E-state index contributed by atoms with van der Waals surface area (Å²) in [4.78, 5) is 26.7. The van der Waals surface area contributed by atoms with Gasteiger partial charge in [-0.2, -0.15) is 4.31 Å². The summed E-state index contributed by atoms with van der Waals surface area (Å²) in [5, 5.41) is 2.85. The van der Waals surface area contributed by atoms with Gasteiger partial charge in [0.15, 0.2) is 0 Å². The number of fused-ring (bicyclic) bond motifs is 1. The number of carbonyl (C=O) groups excluding carboxylic acids is 2. The summed E-state index contributed by atoms with van der Waals surface area (Å²) in [5.41, 5.74) is 1.28. The van der Waals surface area contributed by atoms with Crippen molar-refractivity contribution in [2.24, 2.45) is 0 Å². The maximum Gasteiger partial charge on any atom is 0.243 e. The minimum atomic E-state index is -3.56. The van der Waals surface area contributed by atoms with Crippen LogP contribution < -0.4 is 10.2 Å². The van der Waals surface area contributed by atoms with Gasteiger partial charge in [-0.3, -0.25) is 14.5 Å². The van der Waals surface area contributed by atoms with Crippen molar-refractivity contribution in [1.82, 2.24) is 9.62 Å². The molecule has 0 spiro atoms. The Labute approximate surface area is 175 Å². The highest BCUT2D eigenvalue weighted by atomic mass is 32.2. The first-order valence-corrected chi connectivity index (χ1v) is 11.5. The van der Waals surface area contributed by atoms with E-state index in [-0.39, 0.29) is 23.1 Å². The SMILES string of the molecule is CC(=O)N1c2ccc(S(=O)(=O)N3CCCC3)cc2C[C@H]1C(=O)NCCc1ccco1. The molecule has 2 aromatic rings. The summed E-state index contributed by atoms with van der Waals surface area (Å²) < 4.78 is 32.5. The van der Waals surface area contributed by atoms with E-state index in [1.54, 1.807) is 24.5 Å². The van der Waals surface area contributed by atoms with Crippen molar-refractivity contribution in [1.29, 1.82) is 0 Å². The number of sulfonamides is 1. The fourth-order valence-electron chi connectivity index (χ4n) is 4.15. The summed E-state index contributed by atoms with van der Waals surface area (Å²) in [7, 11) is -3.56. The first-order valence-electron chi connectivity index (χ1n) is 10.1. The monoisotopic (exact) mass is 431 g/mol.